The third kappa shape index (κ3) is 2.31. The van der Waals surface area contributed by atoms with Gasteiger partial charge in [0.25, 0.3) is 0 Å². The van der Waals surface area contributed by atoms with Gasteiger partial charge in [0.1, 0.15) is 0 Å². The highest BCUT2D eigenvalue weighted by atomic mass is 15.0. The number of rotatable bonds is 2. The fraction of sp³-hybridized carbons (Fsp3) is 0. The van der Waals surface area contributed by atoms with Gasteiger partial charge in [-0.2, -0.15) is 0 Å². The summed E-state index contributed by atoms with van der Waals surface area (Å²) in [5.41, 5.74) is 11.4. The van der Waals surface area contributed by atoms with Gasteiger partial charge in [0.2, 0.25) is 5.95 Å². The Balaban J connectivity index is 2.21. The van der Waals surface area contributed by atoms with Gasteiger partial charge in [-0.25, -0.2) is 9.97 Å². The van der Waals surface area contributed by atoms with E-state index in [1.54, 1.807) is 6.20 Å². The second-order valence-electron chi connectivity index (χ2n) is 4.19. The Morgan fingerprint density at radius 1 is 0.737 bits per heavy atom. The van der Waals surface area contributed by atoms with Crippen LogP contribution in [0.4, 0.5) is 5.95 Å². The lowest BCUT2D eigenvalue weighted by Gasteiger charge is -2.08. The zero-order valence-corrected chi connectivity index (χ0v) is 10.2. The van der Waals surface area contributed by atoms with Gasteiger partial charge in [0, 0.05) is 17.3 Å². The Hall–Kier alpha value is -2.68. The van der Waals surface area contributed by atoms with Crippen LogP contribution >= 0.6 is 0 Å². The molecule has 91 valence electrons. The molecule has 3 heteroatoms. The number of benzene rings is 2. The Morgan fingerprint density at radius 2 is 1.32 bits per heavy atom. The maximum Gasteiger partial charge on any atom is 0.242 e. The van der Waals surface area contributed by atoms with Crippen molar-refractivity contribution in [3.05, 3.63) is 66.9 Å². The molecule has 0 fully saturated rings. The summed E-state index contributed by atoms with van der Waals surface area (Å²) in [4.78, 5) is 8.27. The number of nitrogens with zero attached hydrogens (tertiary/aromatic N) is 2. The highest BCUT2D eigenvalue weighted by molar-refractivity contribution is 5.80. The van der Waals surface area contributed by atoms with Crippen molar-refractivity contribution in [3.63, 3.8) is 0 Å². The average Bonchev–Trinajstić information content (AvgIpc) is 2.49. The quantitative estimate of drug-likeness (QED) is 0.691. The van der Waals surface area contributed by atoms with Crippen molar-refractivity contribution in [1.82, 2.24) is 15.7 Å². The van der Waals surface area contributed by atoms with Gasteiger partial charge in [-0.1, -0.05) is 60.7 Å². The van der Waals surface area contributed by atoms with Crippen molar-refractivity contribution in [1.29, 1.82) is 0 Å². The molecular weight excluding hydrogens is 234 g/mol. The van der Waals surface area contributed by atoms with Gasteiger partial charge in [-0.15, -0.1) is 0 Å². The lowest BCUT2D eigenvalue weighted by molar-refractivity contribution is 1.12. The topological polar surface area (TPSA) is 49.6 Å². The van der Waals surface area contributed by atoms with Crippen LogP contribution in [0.25, 0.3) is 22.4 Å². The maximum atomic E-state index is 7.62. The molecule has 0 spiro atoms. The Labute approximate surface area is 111 Å². The van der Waals surface area contributed by atoms with Gasteiger partial charge < -0.3 is 0 Å². The van der Waals surface area contributed by atoms with Gasteiger partial charge in [-0.05, 0) is 5.56 Å². The normalized spacial score (nSPS) is 10.3. The maximum absolute atomic E-state index is 7.62. The van der Waals surface area contributed by atoms with E-state index in [-0.39, 0.29) is 5.95 Å². The summed E-state index contributed by atoms with van der Waals surface area (Å²) in [6, 6.07) is 19.9. The van der Waals surface area contributed by atoms with Crippen LogP contribution in [0.3, 0.4) is 0 Å². The Bertz CT molecular complexity index is 679. The molecular formula is C16H12N3. The van der Waals surface area contributed by atoms with E-state index in [0.717, 1.165) is 22.4 Å². The third-order valence-corrected chi connectivity index (χ3v) is 2.92. The van der Waals surface area contributed by atoms with E-state index in [0.29, 0.717) is 0 Å². The summed E-state index contributed by atoms with van der Waals surface area (Å²) in [6.45, 7) is 0. The van der Waals surface area contributed by atoms with E-state index in [1.165, 1.54) is 0 Å². The molecule has 1 aromatic heterocycles. The number of hydrogen-bond donors (Lipinski definition) is 0. The molecule has 0 amide bonds. The molecule has 3 rings (SSSR count). The summed E-state index contributed by atoms with van der Waals surface area (Å²) >= 11 is 0. The van der Waals surface area contributed by atoms with E-state index in [4.69, 9.17) is 5.73 Å². The first-order valence-corrected chi connectivity index (χ1v) is 6.04. The monoisotopic (exact) mass is 246 g/mol. The fourth-order valence-corrected chi connectivity index (χ4v) is 2.03. The van der Waals surface area contributed by atoms with E-state index < -0.39 is 0 Å². The van der Waals surface area contributed by atoms with E-state index in [9.17, 15) is 0 Å². The van der Waals surface area contributed by atoms with E-state index in [1.807, 2.05) is 60.7 Å². The van der Waals surface area contributed by atoms with E-state index >= 15 is 0 Å². The smallest absolute Gasteiger partial charge is 0.242 e. The molecule has 3 nitrogen and oxygen atoms in total. The lowest BCUT2D eigenvalue weighted by Crippen LogP contribution is -1.93. The molecule has 0 aliphatic heterocycles. The van der Waals surface area contributed by atoms with Crippen LogP contribution in [0.5, 0.6) is 0 Å². The molecule has 0 saturated carbocycles. The molecule has 0 atom stereocenters. The van der Waals surface area contributed by atoms with Crippen molar-refractivity contribution >= 4 is 5.95 Å². The minimum atomic E-state index is 0.0403. The Morgan fingerprint density at radius 3 is 1.95 bits per heavy atom. The van der Waals surface area contributed by atoms with Crippen LogP contribution in [0.2, 0.25) is 0 Å². The first kappa shape index (κ1) is 11.4. The molecule has 1 N–H and O–H groups in total. The summed E-state index contributed by atoms with van der Waals surface area (Å²) in [5.74, 6) is 0.0403. The van der Waals surface area contributed by atoms with Crippen molar-refractivity contribution < 1.29 is 0 Å². The largest absolute Gasteiger partial charge is 0.265 e. The second-order valence-corrected chi connectivity index (χ2v) is 4.19. The molecule has 0 aliphatic carbocycles. The molecule has 19 heavy (non-hydrogen) atoms. The third-order valence-electron chi connectivity index (χ3n) is 2.92. The number of aromatic nitrogens is 2. The van der Waals surface area contributed by atoms with Crippen LogP contribution in [-0.4, -0.2) is 9.97 Å². The first-order valence-electron chi connectivity index (χ1n) is 6.04. The van der Waals surface area contributed by atoms with Gasteiger partial charge >= 0.3 is 0 Å². The highest BCUT2D eigenvalue weighted by Crippen LogP contribution is 2.30. The summed E-state index contributed by atoms with van der Waals surface area (Å²) in [7, 11) is 0. The lowest BCUT2D eigenvalue weighted by atomic mass is 10.0. The second kappa shape index (κ2) is 4.90. The molecule has 0 aliphatic rings. The van der Waals surface area contributed by atoms with Crippen molar-refractivity contribution in [2.75, 3.05) is 0 Å². The van der Waals surface area contributed by atoms with Gasteiger partial charge in [0.15, 0.2) is 0 Å². The van der Waals surface area contributed by atoms with Crippen molar-refractivity contribution in [2.24, 2.45) is 0 Å². The minimum Gasteiger partial charge on any atom is -0.265 e. The highest BCUT2D eigenvalue weighted by Gasteiger charge is 2.10. The molecule has 1 radical (unpaired) electrons. The van der Waals surface area contributed by atoms with Crippen molar-refractivity contribution in [2.45, 2.75) is 0 Å². The molecule has 0 saturated heterocycles. The zero-order valence-electron chi connectivity index (χ0n) is 10.2. The summed E-state index contributed by atoms with van der Waals surface area (Å²) in [5, 5.41) is 0. The predicted molar refractivity (Wildman–Crippen MR) is 75.7 cm³/mol. The van der Waals surface area contributed by atoms with Crippen LogP contribution in [0.1, 0.15) is 0 Å². The summed E-state index contributed by atoms with van der Waals surface area (Å²) < 4.78 is 0. The number of hydrogen-bond acceptors (Lipinski definition) is 2. The van der Waals surface area contributed by atoms with Gasteiger partial charge in [-0.3, -0.25) is 5.73 Å². The summed E-state index contributed by atoms with van der Waals surface area (Å²) in [6.07, 6.45) is 1.72. The zero-order chi connectivity index (χ0) is 13.1. The van der Waals surface area contributed by atoms with Crippen LogP contribution in [-0.2, 0) is 0 Å². The van der Waals surface area contributed by atoms with Crippen LogP contribution in [0.15, 0.2) is 66.9 Å². The standard InChI is InChI=1S/C16H12N3/c17-16-18-11-14(12-7-3-1-4-8-12)15(19-16)13-9-5-2-6-10-13/h1-11,17H. The van der Waals surface area contributed by atoms with Crippen LogP contribution < -0.4 is 5.73 Å². The van der Waals surface area contributed by atoms with Crippen LogP contribution in [0, 0.1) is 0 Å². The number of nitrogens with one attached hydrogen (secondary N) is 1. The fourth-order valence-electron chi connectivity index (χ4n) is 2.03. The first-order chi connectivity index (χ1) is 9.34. The SMILES string of the molecule is [NH]c1ncc(-c2ccccc2)c(-c2ccccc2)n1. The predicted octanol–water partition coefficient (Wildman–Crippen LogP) is 3.73. The minimum absolute atomic E-state index is 0.0403. The molecule has 0 bridgehead atoms. The Kier molecular flexibility index (Phi) is 2.94. The average molecular weight is 246 g/mol. The van der Waals surface area contributed by atoms with Gasteiger partial charge in [0.05, 0.1) is 5.69 Å². The van der Waals surface area contributed by atoms with Crippen molar-refractivity contribution in [3.8, 4) is 22.4 Å². The van der Waals surface area contributed by atoms with E-state index in [2.05, 4.69) is 9.97 Å². The molecule has 2 aromatic carbocycles. The molecule has 0 unspecified atom stereocenters. The molecule has 3 aromatic rings. The molecule has 1 heterocycles.